The third-order valence-electron chi connectivity index (χ3n) is 3.35. The maximum atomic E-state index is 13.0. The van der Waals surface area contributed by atoms with Crippen LogP contribution in [0.1, 0.15) is 11.1 Å². The first-order valence-corrected chi connectivity index (χ1v) is 8.38. The summed E-state index contributed by atoms with van der Waals surface area (Å²) in [4.78, 5) is 4.04. The SMILES string of the molecule is FC(F)(F)c1cc(-c2cc3nc(I)oc3cc2Br)cc(C(F)(F)F)c1. The molecule has 3 aromatic rings. The molecule has 0 atom stereocenters. The van der Waals surface area contributed by atoms with Crippen molar-refractivity contribution in [1.29, 1.82) is 0 Å². The van der Waals surface area contributed by atoms with Crippen LogP contribution in [0, 0.1) is 3.90 Å². The van der Waals surface area contributed by atoms with E-state index in [1.165, 1.54) is 12.1 Å². The van der Waals surface area contributed by atoms with Gasteiger partial charge in [0, 0.05) is 27.1 Å². The third-order valence-corrected chi connectivity index (χ3v) is 4.47. The molecule has 0 aliphatic carbocycles. The molecule has 0 bridgehead atoms. The minimum Gasteiger partial charge on any atom is -0.432 e. The lowest BCUT2D eigenvalue weighted by Gasteiger charge is -2.15. The summed E-state index contributed by atoms with van der Waals surface area (Å²) in [5.41, 5.74) is -2.14. The van der Waals surface area contributed by atoms with Gasteiger partial charge < -0.3 is 4.42 Å². The third kappa shape index (κ3) is 3.78. The van der Waals surface area contributed by atoms with Crippen molar-refractivity contribution in [1.82, 2.24) is 4.98 Å². The summed E-state index contributed by atoms with van der Waals surface area (Å²) in [7, 11) is 0. The standard InChI is InChI=1S/C15H5BrF6INO/c16-10-5-12-11(24-13(23)25-12)4-9(10)6-1-7(14(17,18)19)3-8(2-6)15(20,21)22/h1-5H. The molecule has 3 rings (SSSR count). The van der Waals surface area contributed by atoms with Crippen LogP contribution in [0.25, 0.3) is 22.2 Å². The van der Waals surface area contributed by atoms with Gasteiger partial charge in [-0.15, -0.1) is 0 Å². The molecule has 0 aliphatic rings. The van der Waals surface area contributed by atoms with E-state index < -0.39 is 23.5 Å². The van der Waals surface area contributed by atoms with Gasteiger partial charge in [-0.1, -0.05) is 15.9 Å². The average molecular weight is 536 g/mol. The van der Waals surface area contributed by atoms with Crippen molar-refractivity contribution < 1.29 is 30.8 Å². The largest absolute Gasteiger partial charge is 0.432 e. The van der Waals surface area contributed by atoms with Gasteiger partial charge in [0.15, 0.2) is 5.58 Å². The molecule has 0 amide bonds. The molecule has 10 heteroatoms. The fraction of sp³-hybridized carbons (Fsp3) is 0.133. The minimum atomic E-state index is -4.91. The first-order chi connectivity index (χ1) is 11.4. The number of alkyl halides is 6. The quantitative estimate of drug-likeness (QED) is 0.250. The van der Waals surface area contributed by atoms with Crippen molar-refractivity contribution in [2.45, 2.75) is 12.4 Å². The van der Waals surface area contributed by atoms with Crippen LogP contribution < -0.4 is 0 Å². The van der Waals surface area contributed by atoms with Gasteiger partial charge in [0.1, 0.15) is 5.52 Å². The van der Waals surface area contributed by atoms with Crippen LogP contribution in [0.4, 0.5) is 26.3 Å². The molecule has 0 radical (unpaired) electrons. The first-order valence-electron chi connectivity index (χ1n) is 6.50. The molecule has 0 saturated carbocycles. The molecule has 0 aliphatic heterocycles. The fourth-order valence-electron chi connectivity index (χ4n) is 2.25. The number of aromatic nitrogens is 1. The maximum absolute atomic E-state index is 13.0. The van der Waals surface area contributed by atoms with Crippen LogP contribution in [0.3, 0.4) is 0 Å². The molecule has 2 aromatic carbocycles. The number of benzene rings is 2. The molecule has 2 nitrogen and oxygen atoms in total. The Kier molecular flexibility index (Phi) is 4.55. The molecular formula is C15H5BrF6INO. The van der Waals surface area contributed by atoms with Crippen molar-refractivity contribution in [3.05, 3.63) is 49.8 Å². The Hall–Kier alpha value is -1.30. The summed E-state index contributed by atoms with van der Waals surface area (Å²) in [5, 5.41) is 0. The lowest BCUT2D eigenvalue weighted by atomic mass is 9.99. The highest BCUT2D eigenvalue weighted by molar-refractivity contribution is 14.1. The zero-order valence-electron chi connectivity index (χ0n) is 11.8. The number of hydrogen-bond donors (Lipinski definition) is 0. The van der Waals surface area contributed by atoms with Crippen LogP contribution >= 0.6 is 38.5 Å². The molecule has 0 saturated heterocycles. The van der Waals surface area contributed by atoms with Gasteiger partial charge in [0.25, 0.3) is 3.90 Å². The van der Waals surface area contributed by atoms with E-state index in [4.69, 9.17) is 4.42 Å². The number of rotatable bonds is 1. The summed E-state index contributed by atoms with van der Waals surface area (Å²) in [5.74, 6) is 0. The monoisotopic (exact) mass is 535 g/mol. The highest BCUT2D eigenvalue weighted by atomic mass is 127. The predicted molar refractivity (Wildman–Crippen MR) is 89.9 cm³/mol. The second kappa shape index (κ2) is 6.15. The molecule has 0 fully saturated rings. The van der Waals surface area contributed by atoms with Gasteiger partial charge in [-0.3, -0.25) is 0 Å². The van der Waals surface area contributed by atoms with E-state index in [1.54, 1.807) is 0 Å². The fourth-order valence-corrected chi connectivity index (χ4v) is 3.30. The number of fused-ring (bicyclic) bond motifs is 1. The molecule has 0 spiro atoms. The smallest absolute Gasteiger partial charge is 0.416 e. The molecule has 132 valence electrons. The van der Waals surface area contributed by atoms with Crippen molar-refractivity contribution in [3.63, 3.8) is 0 Å². The molecule has 1 aromatic heterocycles. The molecule has 0 unspecified atom stereocenters. The Morgan fingerprint density at radius 2 is 1.44 bits per heavy atom. The van der Waals surface area contributed by atoms with Crippen LogP contribution in [0.15, 0.2) is 39.2 Å². The Morgan fingerprint density at radius 1 is 0.880 bits per heavy atom. The molecule has 25 heavy (non-hydrogen) atoms. The zero-order chi connectivity index (χ0) is 18.6. The Morgan fingerprint density at radius 3 is 1.96 bits per heavy atom. The van der Waals surface area contributed by atoms with E-state index in [-0.39, 0.29) is 17.2 Å². The van der Waals surface area contributed by atoms with Gasteiger partial charge >= 0.3 is 12.4 Å². The Bertz CT molecular complexity index is 931. The average Bonchev–Trinajstić information content (AvgIpc) is 2.83. The normalized spacial score (nSPS) is 12.8. The molecule has 0 N–H and O–H groups in total. The number of hydrogen-bond acceptors (Lipinski definition) is 2. The lowest BCUT2D eigenvalue weighted by Crippen LogP contribution is -2.11. The predicted octanol–water partition coefficient (Wildman–Crippen LogP) is 6.90. The van der Waals surface area contributed by atoms with Gasteiger partial charge in [-0.05, 0) is 41.5 Å². The van der Waals surface area contributed by atoms with Crippen molar-refractivity contribution in [2.75, 3.05) is 0 Å². The zero-order valence-corrected chi connectivity index (χ0v) is 15.5. The van der Waals surface area contributed by atoms with Crippen LogP contribution in [-0.2, 0) is 12.4 Å². The maximum Gasteiger partial charge on any atom is 0.416 e. The number of halogens is 8. The van der Waals surface area contributed by atoms with Gasteiger partial charge in [0.2, 0.25) is 0 Å². The summed E-state index contributed by atoms with van der Waals surface area (Å²) in [6.45, 7) is 0. The summed E-state index contributed by atoms with van der Waals surface area (Å²) < 4.78 is 83.9. The second-order valence-corrected chi connectivity index (χ2v) is 6.84. The van der Waals surface area contributed by atoms with E-state index >= 15 is 0 Å². The number of nitrogens with zero attached hydrogens (tertiary/aromatic N) is 1. The molecule has 1 heterocycles. The van der Waals surface area contributed by atoms with E-state index in [0.29, 0.717) is 31.6 Å². The Labute approximate surface area is 158 Å². The second-order valence-electron chi connectivity index (χ2n) is 5.06. The van der Waals surface area contributed by atoms with E-state index in [9.17, 15) is 26.3 Å². The van der Waals surface area contributed by atoms with Crippen molar-refractivity contribution >= 4 is 49.6 Å². The van der Waals surface area contributed by atoms with Crippen LogP contribution in [0.5, 0.6) is 0 Å². The van der Waals surface area contributed by atoms with Gasteiger partial charge in [-0.25, -0.2) is 4.98 Å². The summed E-state index contributed by atoms with van der Waals surface area (Å²) in [6.07, 6.45) is -9.81. The van der Waals surface area contributed by atoms with Crippen LogP contribution in [-0.4, -0.2) is 4.98 Å². The summed E-state index contributed by atoms with van der Waals surface area (Å²) in [6, 6.07) is 4.27. The van der Waals surface area contributed by atoms with Gasteiger partial charge in [-0.2, -0.15) is 26.3 Å². The van der Waals surface area contributed by atoms with Crippen LogP contribution in [0.2, 0.25) is 0 Å². The molecular weight excluding hydrogens is 531 g/mol. The topological polar surface area (TPSA) is 26.0 Å². The summed E-state index contributed by atoms with van der Waals surface area (Å²) >= 11 is 4.97. The minimum absolute atomic E-state index is 0.0922. The van der Waals surface area contributed by atoms with E-state index in [2.05, 4.69) is 20.9 Å². The van der Waals surface area contributed by atoms with Crippen molar-refractivity contribution in [2.24, 2.45) is 0 Å². The van der Waals surface area contributed by atoms with Crippen molar-refractivity contribution in [3.8, 4) is 11.1 Å². The first kappa shape index (κ1) is 18.5. The van der Waals surface area contributed by atoms with E-state index in [1.807, 2.05) is 22.6 Å². The number of oxazole rings is 1. The van der Waals surface area contributed by atoms with E-state index in [0.717, 1.165) is 0 Å². The van der Waals surface area contributed by atoms with Gasteiger partial charge in [0.05, 0.1) is 11.1 Å². The highest BCUT2D eigenvalue weighted by Gasteiger charge is 2.37. The lowest BCUT2D eigenvalue weighted by molar-refractivity contribution is -0.143. The highest BCUT2D eigenvalue weighted by Crippen LogP contribution is 2.41. The Balaban J connectivity index is 2.27.